The van der Waals surface area contributed by atoms with Crippen LogP contribution in [0.3, 0.4) is 0 Å². The lowest BCUT2D eigenvalue weighted by atomic mass is 9.95. The first kappa shape index (κ1) is 19.7. The monoisotopic (exact) mass is 395 g/mol. The van der Waals surface area contributed by atoms with Gasteiger partial charge in [-0.25, -0.2) is 0 Å². The maximum atomic E-state index is 13.3. The molecule has 6 heteroatoms. The molecule has 1 aromatic carbocycles. The van der Waals surface area contributed by atoms with E-state index in [1.165, 1.54) is 11.1 Å². The third-order valence-electron chi connectivity index (χ3n) is 6.23. The van der Waals surface area contributed by atoms with Crippen LogP contribution >= 0.6 is 0 Å². The number of hydrogen-bond acceptors (Lipinski definition) is 4. The van der Waals surface area contributed by atoms with Crippen molar-refractivity contribution in [2.24, 2.45) is 11.7 Å². The molecule has 6 nitrogen and oxygen atoms in total. The molecule has 1 fully saturated rings. The maximum Gasteiger partial charge on any atom is 0.257 e. The predicted molar refractivity (Wildman–Crippen MR) is 110 cm³/mol. The lowest BCUT2D eigenvalue weighted by molar-refractivity contribution is -0.123. The number of benzene rings is 1. The minimum atomic E-state index is -0.263. The zero-order valence-electron chi connectivity index (χ0n) is 17.2. The lowest BCUT2D eigenvalue weighted by Gasteiger charge is -2.31. The number of rotatable bonds is 4. The summed E-state index contributed by atoms with van der Waals surface area (Å²) in [5.74, 6) is 1.28. The van der Waals surface area contributed by atoms with Crippen molar-refractivity contribution in [3.8, 4) is 0 Å². The first-order valence-electron chi connectivity index (χ1n) is 10.4. The van der Waals surface area contributed by atoms with Crippen molar-refractivity contribution in [3.63, 3.8) is 0 Å². The van der Waals surface area contributed by atoms with Gasteiger partial charge in [-0.15, -0.1) is 0 Å². The number of carbonyl (C=O) groups is 2. The van der Waals surface area contributed by atoms with Crippen molar-refractivity contribution in [3.05, 3.63) is 58.0 Å². The number of piperidine rings is 1. The van der Waals surface area contributed by atoms with Crippen molar-refractivity contribution in [2.45, 2.75) is 46.2 Å². The largest absolute Gasteiger partial charge is 0.465 e. The van der Waals surface area contributed by atoms with Gasteiger partial charge in [0.15, 0.2) is 0 Å². The molecule has 0 saturated carbocycles. The number of furan rings is 1. The minimum absolute atomic E-state index is 0.0209. The molecule has 0 bridgehead atoms. The van der Waals surface area contributed by atoms with Gasteiger partial charge in [0.05, 0.1) is 5.56 Å². The summed E-state index contributed by atoms with van der Waals surface area (Å²) >= 11 is 0. The van der Waals surface area contributed by atoms with E-state index in [2.05, 4.69) is 36.1 Å². The normalized spacial score (nSPS) is 17.9. The summed E-state index contributed by atoms with van der Waals surface area (Å²) in [7, 11) is 0. The molecule has 29 heavy (non-hydrogen) atoms. The number of amides is 2. The van der Waals surface area contributed by atoms with Gasteiger partial charge in [-0.2, -0.15) is 0 Å². The van der Waals surface area contributed by atoms with Crippen LogP contribution < -0.4 is 5.73 Å². The van der Waals surface area contributed by atoms with Gasteiger partial charge in [-0.3, -0.25) is 14.5 Å². The van der Waals surface area contributed by atoms with E-state index in [1.54, 1.807) is 0 Å². The molecule has 2 aliphatic heterocycles. The maximum absolute atomic E-state index is 13.3. The molecule has 154 valence electrons. The van der Waals surface area contributed by atoms with E-state index < -0.39 is 0 Å². The topological polar surface area (TPSA) is 79.8 Å². The Morgan fingerprint density at radius 2 is 1.79 bits per heavy atom. The SMILES string of the molecule is Cc1ccc(CN2CCc3oc(C)c(C(=O)N4CCC(C(N)=O)CC4)c3C2)cc1. The van der Waals surface area contributed by atoms with Crippen LogP contribution in [0, 0.1) is 19.8 Å². The van der Waals surface area contributed by atoms with Crippen molar-refractivity contribution < 1.29 is 14.0 Å². The Morgan fingerprint density at radius 1 is 1.10 bits per heavy atom. The Morgan fingerprint density at radius 3 is 2.45 bits per heavy atom. The van der Waals surface area contributed by atoms with E-state index in [9.17, 15) is 9.59 Å². The Kier molecular flexibility index (Phi) is 5.46. The second-order valence-corrected chi connectivity index (χ2v) is 8.35. The fourth-order valence-electron chi connectivity index (χ4n) is 4.47. The summed E-state index contributed by atoms with van der Waals surface area (Å²) in [6.45, 7) is 7.62. The van der Waals surface area contributed by atoms with Crippen molar-refractivity contribution in [1.29, 1.82) is 0 Å². The zero-order chi connectivity index (χ0) is 20.5. The highest BCUT2D eigenvalue weighted by Gasteiger charge is 2.33. The zero-order valence-corrected chi connectivity index (χ0v) is 17.2. The molecule has 0 atom stereocenters. The van der Waals surface area contributed by atoms with Crippen LogP contribution in [-0.2, 0) is 24.3 Å². The van der Waals surface area contributed by atoms with Crippen molar-refractivity contribution in [2.75, 3.05) is 19.6 Å². The highest BCUT2D eigenvalue weighted by molar-refractivity contribution is 5.97. The van der Waals surface area contributed by atoms with Crippen LogP contribution in [0.1, 0.15) is 51.4 Å². The van der Waals surface area contributed by atoms with Gasteiger partial charge >= 0.3 is 0 Å². The number of aryl methyl sites for hydroxylation is 2. The van der Waals surface area contributed by atoms with E-state index in [-0.39, 0.29) is 17.7 Å². The third-order valence-corrected chi connectivity index (χ3v) is 6.23. The van der Waals surface area contributed by atoms with Crippen LogP contribution in [0.2, 0.25) is 0 Å². The molecule has 2 N–H and O–H groups in total. The number of fused-ring (bicyclic) bond motifs is 1. The van der Waals surface area contributed by atoms with Crippen LogP contribution in [0.4, 0.5) is 0 Å². The first-order chi connectivity index (χ1) is 13.9. The fraction of sp³-hybridized carbons (Fsp3) is 0.478. The fourth-order valence-corrected chi connectivity index (χ4v) is 4.47. The van der Waals surface area contributed by atoms with Crippen LogP contribution in [0.5, 0.6) is 0 Å². The molecular formula is C23H29N3O3. The van der Waals surface area contributed by atoms with E-state index in [0.717, 1.165) is 37.4 Å². The van der Waals surface area contributed by atoms with Gasteiger partial charge in [-0.05, 0) is 32.3 Å². The average molecular weight is 396 g/mol. The van der Waals surface area contributed by atoms with Crippen LogP contribution in [0.15, 0.2) is 28.7 Å². The summed E-state index contributed by atoms with van der Waals surface area (Å²) in [5, 5.41) is 0. The standard InChI is InChI=1S/C23H29N3O3/c1-15-3-5-17(6-4-15)13-25-10-9-20-19(14-25)21(16(2)29-20)23(28)26-11-7-18(8-12-26)22(24)27/h3-6,18H,7-14H2,1-2H3,(H2,24,27). The summed E-state index contributed by atoms with van der Waals surface area (Å²) in [6.07, 6.45) is 2.10. The number of carbonyl (C=O) groups excluding carboxylic acids is 2. The molecule has 1 saturated heterocycles. The minimum Gasteiger partial charge on any atom is -0.465 e. The van der Waals surface area contributed by atoms with Crippen LogP contribution in [-0.4, -0.2) is 41.2 Å². The molecule has 0 spiro atoms. The Balaban J connectivity index is 1.49. The van der Waals surface area contributed by atoms with Gasteiger partial charge in [0, 0.05) is 50.6 Å². The average Bonchev–Trinajstić information content (AvgIpc) is 3.04. The summed E-state index contributed by atoms with van der Waals surface area (Å²) in [6, 6.07) is 8.61. The Hall–Kier alpha value is -2.60. The first-order valence-corrected chi connectivity index (χ1v) is 10.4. The summed E-state index contributed by atoms with van der Waals surface area (Å²) < 4.78 is 5.97. The second-order valence-electron chi connectivity index (χ2n) is 8.35. The van der Waals surface area contributed by atoms with Crippen molar-refractivity contribution in [1.82, 2.24) is 9.80 Å². The summed E-state index contributed by atoms with van der Waals surface area (Å²) in [4.78, 5) is 28.9. The lowest BCUT2D eigenvalue weighted by Crippen LogP contribution is -2.42. The number of likely N-dealkylation sites (tertiary alicyclic amines) is 1. The smallest absolute Gasteiger partial charge is 0.257 e. The Bertz CT molecular complexity index is 908. The van der Waals surface area contributed by atoms with Crippen LogP contribution in [0.25, 0.3) is 0 Å². The van der Waals surface area contributed by atoms with E-state index in [4.69, 9.17) is 10.2 Å². The second kappa shape index (κ2) is 8.03. The molecular weight excluding hydrogens is 366 g/mol. The predicted octanol–water partition coefficient (Wildman–Crippen LogP) is 2.79. The highest BCUT2D eigenvalue weighted by Crippen LogP contribution is 2.31. The molecule has 4 rings (SSSR count). The number of nitrogens with zero attached hydrogens (tertiary/aromatic N) is 2. The van der Waals surface area contributed by atoms with Crippen molar-refractivity contribution >= 4 is 11.8 Å². The quantitative estimate of drug-likeness (QED) is 0.863. The number of primary amides is 1. The van der Waals surface area contributed by atoms with E-state index in [1.807, 2.05) is 11.8 Å². The molecule has 2 amide bonds. The van der Waals surface area contributed by atoms with E-state index in [0.29, 0.717) is 37.3 Å². The van der Waals surface area contributed by atoms with Gasteiger partial charge in [0.1, 0.15) is 11.5 Å². The number of nitrogens with two attached hydrogens (primary N) is 1. The molecule has 2 aromatic rings. The molecule has 1 aromatic heterocycles. The van der Waals surface area contributed by atoms with Gasteiger partial charge in [-0.1, -0.05) is 29.8 Å². The molecule has 0 aliphatic carbocycles. The Labute approximate surface area is 171 Å². The third kappa shape index (κ3) is 4.08. The molecule has 2 aliphatic rings. The van der Waals surface area contributed by atoms with Gasteiger partial charge in [0.2, 0.25) is 5.91 Å². The van der Waals surface area contributed by atoms with Gasteiger partial charge in [0.25, 0.3) is 5.91 Å². The molecule has 0 radical (unpaired) electrons. The summed E-state index contributed by atoms with van der Waals surface area (Å²) in [5.41, 5.74) is 9.70. The number of hydrogen-bond donors (Lipinski definition) is 1. The van der Waals surface area contributed by atoms with E-state index >= 15 is 0 Å². The molecule has 3 heterocycles. The molecule has 0 unspecified atom stereocenters. The van der Waals surface area contributed by atoms with Gasteiger partial charge < -0.3 is 15.1 Å². The highest BCUT2D eigenvalue weighted by atomic mass is 16.3.